The molecule has 3 aromatic rings. The first-order chi connectivity index (χ1) is 15.2. The summed E-state index contributed by atoms with van der Waals surface area (Å²) in [7, 11) is 0. The Bertz CT molecular complexity index is 1180. The van der Waals surface area contributed by atoms with Crippen LogP contribution < -0.4 is 0 Å². The molecule has 0 unspecified atom stereocenters. The average molecular weight is 468 g/mol. The molecule has 2 heterocycles. The molecular formula is C24H22ClN3O3S. The van der Waals surface area contributed by atoms with Gasteiger partial charge in [-0.3, -0.25) is 14.5 Å². The third-order valence-corrected chi connectivity index (χ3v) is 6.33. The third kappa shape index (κ3) is 4.95. The van der Waals surface area contributed by atoms with E-state index in [0.717, 1.165) is 11.1 Å². The molecule has 1 fully saturated rings. The van der Waals surface area contributed by atoms with Crippen molar-refractivity contribution in [1.29, 1.82) is 0 Å². The Kier molecular flexibility index (Phi) is 6.22. The predicted molar refractivity (Wildman–Crippen MR) is 125 cm³/mol. The number of thioether (sulfide) groups is 1. The van der Waals surface area contributed by atoms with Crippen molar-refractivity contribution in [3.63, 3.8) is 0 Å². The number of allylic oxidation sites excluding steroid dienone is 1. The highest BCUT2D eigenvalue weighted by Crippen LogP contribution is 2.31. The number of nitrogens with zero attached hydrogens (tertiary/aromatic N) is 3. The molecule has 4 rings (SSSR count). The number of aromatic nitrogens is 2. The second kappa shape index (κ2) is 8.92. The van der Waals surface area contributed by atoms with Crippen molar-refractivity contribution in [2.45, 2.75) is 32.7 Å². The zero-order chi connectivity index (χ0) is 22.9. The Hall–Kier alpha value is -2.90. The summed E-state index contributed by atoms with van der Waals surface area (Å²) < 4.78 is 5.72. The van der Waals surface area contributed by atoms with Crippen LogP contribution >= 0.6 is 23.4 Å². The van der Waals surface area contributed by atoms with Crippen LogP contribution in [0.2, 0.25) is 5.02 Å². The summed E-state index contributed by atoms with van der Waals surface area (Å²) in [5.74, 6) is 0.638. The Labute approximate surface area is 195 Å². The molecule has 0 N–H and O–H groups in total. The van der Waals surface area contributed by atoms with Gasteiger partial charge in [-0.05, 0) is 35.2 Å². The molecule has 1 aliphatic heterocycles. The van der Waals surface area contributed by atoms with E-state index >= 15 is 0 Å². The minimum atomic E-state index is -0.153. The number of benzene rings is 2. The lowest BCUT2D eigenvalue weighted by Gasteiger charge is -2.19. The van der Waals surface area contributed by atoms with Gasteiger partial charge in [-0.1, -0.05) is 68.4 Å². The molecule has 0 atom stereocenters. The standard InChI is InChI=1S/C24H22ClN3O3S/c1-24(2,3)17-8-4-15(5-9-17)19(29)12-22-28(21(30)14-32-22)13-20-26-27-23(31-20)16-6-10-18(25)11-7-16/h4-12H,13-14H2,1-3H3/b22-12+. The number of hydrogen-bond donors (Lipinski definition) is 0. The highest BCUT2D eigenvalue weighted by Gasteiger charge is 2.29. The first kappa shape index (κ1) is 22.3. The molecule has 1 amide bonds. The van der Waals surface area contributed by atoms with Crippen molar-refractivity contribution in [3.05, 3.63) is 81.7 Å². The number of ketones is 1. The summed E-state index contributed by atoms with van der Waals surface area (Å²) in [6.45, 7) is 6.48. The van der Waals surface area contributed by atoms with Gasteiger partial charge < -0.3 is 4.42 Å². The minimum Gasteiger partial charge on any atom is -0.419 e. The lowest BCUT2D eigenvalue weighted by atomic mass is 9.86. The molecule has 0 bridgehead atoms. The van der Waals surface area contributed by atoms with Crippen LogP contribution in [0.15, 0.2) is 64.1 Å². The van der Waals surface area contributed by atoms with Crippen molar-refractivity contribution in [2.24, 2.45) is 0 Å². The summed E-state index contributed by atoms with van der Waals surface area (Å²) >= 11 is 7.24. The maximum atomic E-state index is 12.8. The molecule has 1 saturated heterocycles. The smallest absolute Gasteiger partial charge is 0.247 e. The fourth-order valence-corrected chi connectivity index (χ4v) is 4.26. The summed E-state index contributed by atoms with van der Waals surface area (Å²) in [6.07, 6.45) is 1.50. The zero-order valence-electron chi connectivity index (χ0n) is 18.0. The van der Waals surface area contributed by atoms with Gasteiger partial charge in [-0.25, -0.2) is 0 Å². The number of amides is 1. The van der Waals surface area contributed by atoms with E-state index in [1.807, 2.05) is 24.3 Å². The van der Waals surface area contributed by atoms with Gasteiger partial charge in [0.05, 0.1) is 10.8 Å². The number of carbonyl (C=O) groups excluding carboxylic acids is 2. The van der Waals surface area contributed by atoms with E-state index in [0.29, 0.717) is 27.4 Å². The quantitative estimate of drug-likeness (QED) is 0.365. The van der Waals surface area contributed by atoms with Crippen molar-refractivity contribution in [2.75, 3.05) is 5.75 Å². The molecule has 164 valence electrons. The van der Waals surface area contributed by atoms with Crippen LogP contribution in [0.25, 0.3) is 11.5 Å². The van der Waals surface area contributed by atoms with Crippen molar-refractivity contribution >= 4 is 35.1 Å². The largest absolute Gasteiger partial charge is 0.419 e. The second-order valence-corrected chi connectivity index (χ2v) is 9.88. The van der Waals surface area contributed by atoms with E-state index < -0.39 is 0 Å². The summed E-state index contributed by atoms with van der Waals surface area (Å²) in [4.78, 5) is 26.7. The van der Waals surface area contributed by atoms with Crippen LogP contribution in [0.4, 0.5) is 0 Å². The van der Waals surface area contributed by atoms with Crippen LogP contribution in [0, 0.1) is 0 Å². The Morgan fingerprint density at radius 2 is 1.81 bits per heavy atom. The predicted octanol–water partition coefficient (Wildman–Crippen LogP) is 5.49. The molecule has 1 aromatic heterocycles. The van der Waals surface area contributed by atoms with Crippen molar-refractivity contribution in [1.82, 2.24) is 15.1 Å². The van der Waals surface area contributed by atoms with E-state index in [-0.39, 0.29) is 29.4 Å². The third-order valence-electron chi connectivity index (χ3n) is 5.05. The molecule has 0 radical (unpaired) electrons. The monoisotopic (exact) mass is 467 g/mol. The highest BCUT2D eigenvalue weighted by atomic mass is 35.5. The van der Waals surface area contributed by atoms with Crippen LogP contribution in [-0.2, 0) is 16.8 Å². The first-order valence-corrected chi connectivity index (χ1v) is 11.4. The number of halogens is 1. The maximum Gasteiger partial charge on any atom is 0.247 e. The molecule has 6 nitrogen and oxygen atoms in total. The van der Waals surface area contributed by atoms with E-state index in [9.17, 15) is 9.59 Å². The van der Waals surface area contributed by atoms with Gasteiger partial charge in [-0.2, -0.15) is 0 Å². The van der Waals surface area contributed by atoms with E-state index in [4.69, 9.17) is 16.0 Å². The molecule has 32 heavy (non-hydrogen) atoms. The molecule has 1 aliphatic rings. The van der Waals surface area contributed by atoms with E-state index in [1.165, 1.54) is 22.7 Å². The van der Waals surface area contributed by atoms with Crippen LogP contribution in [0.3, 0.4) is 0 Å². The van der Waals surface area contributed by atoms with Crippen LogP contribution in [0.1, 0.15) is 42.6 Å². The molecule has 8 heteroatoms. The fraction of sp³-hybridized carbons (Fsp3) is 0.250. The Morgan fingerprint density at radius 3 is 2.47 bits per heavy atom. The van der Waals surface area contributed by atoms with E-state index in [1.54, 1.807) is 24.3 Å². The lowest BCUT2D eigenvalue weighted by Crippen LogP contribution is -2.24. The summed E-state index contributed by atoms with van der Waals surface area (Å²) in [6, 6.07) is 14.6. The van der Waals surface area contributed by atoms with E-state index in [2.05, 4.69) is 31.0 Å². The summed E-state index contributed by atoms with van der Waals surface area (Å²) in [5.41, 5.74) is 2.48. The zero-order valence-corrected chi connectivity index (χ0v) is 19.5. The highest BCUT2D eigenvalue weighted by molar-refractivity contribution is 8.04. The average Bonchev–Trinajstić information content (AvgIpc) is 3.36. The fourth-order valence-electron chi connectivity index (χ4n) is 3.19. The molecular weight excluding hydrogens is 446 g/mol. The SMILES string of the molecule is CC(C)(C)c1ccc(C(=O)/C=C2/SCC(=O)N2Cc2nnc(-c3ccc(Cl)cc3)o2)cc1. The van der Waals surface area contributed by atoms with Crippen LogP contribution in [0.5, 0.6) is 0 Å². The number of carbonyl (C=O) groups is 2. The topological polar surface area (TPSA) is 76.3 Å². The van der Waals surface area contributed by atoms with Gasteiger partial charge in [0.2, 0.25) is 17.7 Å². The van der Waals surface area contributed by atoms with Gasteiger partial charge in [0.1, 0.15) is 6.54 Å². The van der Waals surface area contributed by atoms with Gasteiger partial charge in [0, 0.05) is 22.2 Å². The molecule has 0 spiro atoms. The second-order valence-electron chi connectivity index (χ2n) is 8.45. The normalized spacial score (nSPS) is 15.6. The first-order valence-electron chi connectivity index (χ1n) is 10.1. The Morgan fingerprint density at radius 1 is 1.12 bits per heavy atom. The molecule has 0 saturated carbocycles. The van der Waals surface area contributed by atoms with Gasteiger partial charge >= 0.3 is 0 Å². The minimum absolute atomic E-state index is 0.0134. The van der Waals surface area contributed by atoms with Crippen molar-refractivity contribution < 1.29 is 14.0 Å². The van der Waals surface area contributed by atoms with Crippen molar-refractivity contribution in [3.8, 4) is 11.5 Å². The number of rotatable bonds is 5. The van der Waals surface area contributed by atoms with Gasteiger partial charge in [0.15, 0.2) is 5.78 Å². The molecule has 2 aromatic carbocycles. The Balaban J connectivity index is 1.50. The lowest BCUT2D eigenvalue weighted by molar-refractivity contribution is -0.126. The van der Waals surface area contributed by atoms with Gasteiger partial charge in [0.25, 0.3) is 0 Å². The number of hydrogen-bond acceptors (Lipinski definition) is 6. The van der Waals surface area contributed by atoms with Crippen LogP contribution in [-0.4, -0.2) is 32.5 Å². The summed E-state index contributed by atoms with van der Waals surface area (Å²) in [5, 5.41) is 9.29. The maximum absolute atomic E-state index is 12.8. The van der Waals surface area contributed by atoms with Gasteiger partial charge in [-0.15, -0.1) is 10.2 Å². The molecule has 0 aliphatic carbocycles.